The molecule has 1 saturated heterocycles. The molecule has 5 heteroatoms. The molecule has 19 heavy (non-hydrogen) atoms. The molecule has 0 aromatic rings. The molecule has 1 amide bonds. The van der Waals surface area contributed by atoms with Crippen LogP contribution >= 0.6 is 0 Å². The number of ether oxygens (including phenoxy) is 1. The summed E-state index contributed by atoms with van der Waals surface area (Å²) in [7, 11) is 0. The quantitative estimate of drug-likeness (QED) is 0.818. The van der Waals surface area contributed by atoms with Crippen LogP contribution in [-0.4, -0.2) is 53.5 Å². The molecular weight excluding hydrogens is 244 g/mol. The summed E-state index contributed by atoms with van der Waals surface area (Å²) in [6.07, 6.45) is 2.66. The van der Waals surface area contributed by atoms with Crippen molar-refractivity contribution in [1.29, 1.82) is 0 Å². The van der Waals surface area contributed by atoms with Crippen molar-refractivity contribution in [3.63, 3.8) is 0 Å². The Morgan fingerprint density at radius 2 is 2.21 bits per heavy atom. The molecule has 2 N–H and O–H groups in total. The summed E-state index contributed by atoms with van der Waals surface area (Å²) in [5.74, 6) is 0. The van der Waals surface area contributed by atoms with Gasteiger partial charge in [-0.25, -0.2) is 4.79 Å². The Hall–Kier alpha value is -0.810. The molecular formula is C14H28N2O3. The van der Waals surface area contributed by atoms with Gasteiger partial charge in [-0.1, -0.05) is 6.92 Å². The first-order valence-electron chi connectivity index (χ1n) is 7.20. The normalized spacial score (nSPS) is 22.2. The van der Waals surface area contributed by atoms with Crippen molar-refractivity contribution in [3.8, 4) is 0 Å². The second-order valence-electron chi connectivity index (χ2n) is 6.22. The van der Waals surface area contributed by atoms with Crippen LogP contribution in [0.2, 0.25) is 0 Å². The third-order valence-corrected chi connectivity index (χ3v) is 3.26. The fourth-order valence-corrected chi connectivity index (χ4v) is 2.24. The minimum Gasteiger partial charge on any atom is -0.444 e. The number of nitrogens with zero attached hydrogens (tertiary/aromatic N) is 1. The second kappa shape index (κ2) is 7.10. The Balaban J connectivity index is 2.47. The summed E-state index contributed by atoms with van der Waals surface area (Å²) in [5.41, 5.74) is -0.450. The van der Waals surface area contributed by atoms with Crippen LogP contribution in [0.15, 0.2) is 0 Å². The number of carbonyl (C=O) groups excluding carboxylic acids is 1. The lowest BCUT2D eigenvalue weighted by atomic mass is 10.0. The smallest absolute Gasteiger partial charge is 0.410 e. The standard InChI is InChI=1S/C14H28N2O3/c1-5-11(10-17)15-12-7-6-8-16(9-12)13(18)19-14(2,3)4/h11-12,15,17H,5-10H2,1-4H3/t11-,12?/m0/s1. The highest BCUT2D eigenvalue weighted by atomic mass is 16.6. The van der Waals surface area contributed by atoms with Gasteiger partial charge in [0, 0.05) is 25.2 Å². The van der Waals surface area contributed by atoms with Gasteiger partial charge in [0.1, 0.15) is 5.60 Å². The number of nitrogens with one attached hydrogen (secondary N) is 1. The van der Waals surface area contributed by atoms with E-state index in [1.807, 2.05) is 27.7 Å². The number of likely N-dealkylation sites (tertiary alicyclic amines) is 1. The van der Waals surface area contributed by atoms with Crippen molar-refractivity contribution in [1.82, 2.24) is 10.2 Å². The number of aliphatic hydroxyl groups excluding tert-OH is 1. The Bertz CT molecular complexity index is 285. The second-order valence-corrected chi connectivity index (χ2v) is 6.22. The van der Waals surface area contributed by atoms with Crippen LogP contribution in [0.4, 0.5) is 4.79 Å². The van der Waals surface area contributed by atoms with Gasteiger partial charge in [-0.3, -0.25) is 0 Å². The lowest BCUT2D eigenvalue weighted by Gasteiger charge is -2.35. The van der Waals surface area contributed by atoms with E-state index in [1.54, 1.807) is 4.90 Å². The number of carbonyl (C=O) groups is 1. The van der Waals surface area contributed by atoms with E-state index in [0.29, 0.717) is 6.54 Å². The minimum atomic E-state index is -0.450. The number of hydrogen-bond acceptors (Lipinski definition) is 4. The maximum Gasteiger partial charge on any atom is 0.410 e. The highest BCUT2D eigenvalue weighted by molar-refractivity contribution is 5.68. The van der Waals surface area contributed by atoms with Crippen LogP contribution in [-0.2, 0) is 4.74 Å². The average Bonchev–Trinajstić information content (AvgIpc) is 2.34. The lowest BCUT2D eigenvalue weighted by molar-refractivity contribution is 0.0180. The molecule has 1 unspecified atom stereocenters. The van der Waals surface area contributed by atoms with Crippen molar-refractivity contribution in [2.75, 3.05) is 19.7 Å². The molecule has 112 valence electrons. The predicted octanol–water partition coefficient (Wildman–Crippen LogP) is 1.75. The highest BCUT2D eigenvalue weighted by Gasteiger charge is 2.28. The molecule has 0 saturated carbocycles. The number of amides is 1. The van der Waals surface area contributed by atoms with Gasteiger partial charge in [-0.05, 0) is 40.0 Å². The van der Waals surface area contributed by atoms with Gasteiger partial charge in [0.15, 0.2) is 0 Å². The van der Waals surface area contributed by atoms with Crippen LogP contribution in [0, 0.1) is 0 Å². The van der Waals surface area contributed by atoms with Crippen LogP contribution in [0.3, 0.4) is 0 Å². The summed E-state index contributed by atoms with van der Waals surface area (Å²) in [6.45, 7) is 9.23. The first-order chi connectivity index (χ1) is 8.85. The molecule has 0 aliphatic carbocycles. The zero-order chi connectivity index (χ0) is 14.5. The summed E-state index contributed by atoms with van der Waals surface area (Å²) >= 11 is 0. The molecule has 0 aromatic carbocycles. The number of aliphatic hydroxyl groups is 1. The molecule has 0 bridgehead atoms. The zero-order valence-electron chi connectivity index (χ0n) is 12.6. The van der Waals surface area contributed by atoms with Gasteiger partial charge >= 0.3 is 6.09 Å². The SMILES string of the molecule is CC[C@@H](CO)NC1CCCN(C(=O)OC(C)(C)C)C1. The van der Waals surface area contributed by atoms with Crippen molar-refractivity contribution in [3.05, 3.63) is 0 Å². The molecule has 0 aromatic heterocycles. The first-order valence-corrected chi connectivity index (χ1v) is 7.20. The Kier molecular flexibility index (Phi) is 6.07. The number of hydrogen-bond donors (Lipinski definition) is 2. The molecule has 1 rings (SSSR count). The Labute approximate surface area is 116 Å². The van der Waals surface area contributed by atoms with Crippen LogP contribution in [0.1, 0.15) is 47.0 Å². The fraction of sp³-hybridized carbons (Fsp3) is 0.929. The van der Waals surface area contributed by atoms with E-state index in [0.717, 1.165) is 25.8 Å². The summed E-state index contributed by atoms with van der Waals surface area (Å²) < 4.78 is 5.39. The van der Waals surface area contributed by atoms with E-state index < -0.39 is 5.60 Å². The van der Waals surface area contributed by atoms with Crippen LogP contribution in [0.5, 0.6) is 0 Å². The third kappa shape index (κ3) is 5.78. The first kappa shape index (κ1) is 16.2. The van der Waals surface area contributed by atoms with Gasteiger partial charge in [-0.2, -0.15) is 0 Å². The van der Waals surface area contributed by atoms with Gasteiger partial charge < -0.3 is 20.1 Å². The third-order valence-electron chi connectivity index (χ3n) is 3.26. The summed E-state index contributed by atoms with van der Waals surface area (Å²) in [5, 5.41) is 12.6. The zero-order valence-corrected chi connectivity index (χ0v) is 12.6. The van der Waals surface area contributed by atoms with Crippen molar-refractivity contribution < 1.29 is 14.6 Å². The maximum atomic E-state index is 12.0. The predicted molar refractivity (Wildman–Crippen MR) is 75.1 cm³/mol. The number of rotatable bonds is 4. The van der Waals surface area contributed by atoms with Gasteiger partial charge in [0.2, 0.25) is 0 Å². The van der Waals surface area contributed by atoms with Crippen LogP contribution in [0.25, 0.3) is 0 Å². The summed E-state index contributed by atoms with van der Waals surface area (Å²) in [4.78, 5) is 13.8. The number of piperidine rings is 1. The monoisotopic (exact) mass is 272 g/mol. The van der Waals surface area contributed by atoms with E-state index in [-0.39, 0.29) is 24.8 Å². The maximum absolute atomic E-state index is 12.0. The minimum absolute atomic E-state index is 0.114. The molecule has 2 atom stereocenters. The lowest BCUT2D eigenvalue weighted by Crippen LogP contribution is -2.52. The molecule has 1 aliphatic rings. The highest BCUT2D eigenvalue weighted by Crippen LogP contribution is 2.15. The van der Waals surface area contributed by atoms with Gasteiger partial charge in [0.25, 0.3) is 0 Å². The Morgan fingerprint density at radius 3 is 2.74 bits per heavy atom. The molecule has 0 spiro atoms. The van der Waals surface area contributed by atoms with Crippen molar-refractivity contribution in [2.45, 2.75) is 64.6 Å². The molecule has 0 radical (unpaired) electrons. The molecule has 1 heterocycles. The molecule has 1 fully saturated rings. The van der Waals surface area contributed by atoms with Gasteiger partial charge in [-0.15, -0.1) is 0 Å². The topological polar surface area (TPSA) is 61.8 Å². The largest absolute Gasteiger partial charge is 0.444 e. The van der Waals surface area contributed by atoms with Crippen molar-refractivity contribution in [2.24, 2.45) is 0 Å². The molecule has 5 nitrogen and oxygen atoms in total. The van der Waals surface area contributed by atoms with Gasteiger partial charge in [0.05, 0.1) is 6.61 Å². The van der Waals surface area contributed by atoms with E-state index in [1.165, 1.54) is 0 Å². The van der Waals surface area contributed by atoms with Crippen molar-refractivity contribution >= 4 is 6.09 Å². The van der Waals surface area contributed by atoms with E-state index >= 15 is 0 Å². The van der Waals surface area contributed by atoms with Crippen LogP contribution < -0.4 is 5.32 Å². The average molecular weight is 272 g/mol. The Morgan fingerprint density at radius 1 is 1.53 bits per heavy atom. The molecule has 1 aliphatic heterocycles. The summed E-state index contributed by atoms with van der Waals surface area (Å²) in [6, 6.07) is 0.363. The van der Waals surface area contributed by atoms with E-state index in [9.17, 15) is 9.90 Å². The van der Waals surface area contributed by atoms with E-state index in [4.69, 9.17) is 4.74 Å². The fourth-order valence-electron chi connectivity index (χ4n) is 2.24. The van der Waals surface area contributed by atoms with E-state index in [2.05, 4.69) is 5.32 Å².